The van der Waals surface area contributed by atoms with Crippen LogP contribution in [0, 0.1) is 6.92 Å². The largest absolute Gasteiger partial charge is 0.356 e. The number of hydrogen-bond donors (Lipinski definition) is 1. The van der Waals surface area contributed by atoms with Crippen LogP contribution in [0.4, 0.5) is 5.82 Å². The molecule has 3 aromatic rings. The standard InChI is InChI=1S/C24H31N5O2/c1-18-22-23(29-16-7-2-3-8-17-29)26-20(27-24(22)31-28-18)13-14-21(30)25-15-9-12-19-10-5-4-6-11-19/h4-6,10-11H,2-3,7-9,12-17H2,1H3,(H,25,30). The number of carbonyl (C=O) groups excluding carboxylic acids is 1. The van der Waals surface area contributed by atoms with E-state index in [2.05, 4.69) is 32.5 Å². The number of nitrogens with one attached hydrogen (secondary N) is 1. The molecule has 3 heterocycles. The van der Waals surface area contributed by atoms with Crippen LogP contribution < -0.4 is 10.2 Å². The van der Waals surface area contributed by atoms with Gasteiger partial charge in [-0.05, 0) is 38.2 Å². The normalized spacial score (nSPS) is 14.5. The van der Waals surface area contributed by atoms with E-state index in [0.717, 1.165) is 55.7 Å². The summed E-state index contributed by atoms with van der Waals surface area (Å²) in [5.74, 6) is 1.58. The van der Waals surface area contributed by atoms with Crippen molar-refractivity contribution in [3.63, 3.8) is 0 Å². The SMILES string of the molecule is Cc1noc2nc(CCC(=O)NCCCc3ccccc3)nc(N3CCCCCC3)c12. The zero-order valence-electron chi connectivity index (χ0n) is 18.3. The van der Waals surface area contributed by atoms with E-state index >= 15 is 0 Å². The van der Waals surface area contributed by atoms with Crippen LogP contribution in [0.3, 0.4) is 0 Å². The lowest BCUT2D eigenvalue weighted by atomic mass is 10.1. The second kappa shape index (κ2) is 10.4. The monoisotopic (exact) mass is 421 g/mol. The summed E-state index contributed by atoms with van der Waals surface area (Å²) < 4.78 is 5.45. The molecule has 1 aliphatic heterocycles. The van der Waals surface area contributed by atoms with E-state index in [9.17, 15) is 4.79 Å². The van der Waals surface area contributed by atoms with E-state index in [0.29, 0.717) is 30.9 Å². The minimum atomic E-state index is 0.0295. The topological polar surface area (TPSA) is 84.1 Å². The van der Waals surface area contributed by atoms with Gasteiger partial charge < -0.3 is 14.7 Å². The molecule has 1 saturated heterocycles. The number of amides is 1. The van der Waals surface area contributed by atoms with E-state index in [1.165, 1.54) is 18.4 Å². The lowest BCUT2D eigenvalue weighted by Gasteiger charge is -2.22. The molecule has 0 aliphatic carbocycles. The number of carbonyl (C=O) groups is 1. The Kier molecular flexibility index (Phi) is 7.12. The Labute approximate surface area is 183 Å². The van der Waals surface area contributed by atoms with Gasteiger partial charge in [0.15, 0.2) is 0 Å². The Hall–Kier alpha value is -2.96. The Bertz CT molecular complexity index is 994. The summed E-state index contributed by atoms with van der Waals surface area (Å²) >= 11 is 0. The highest BCUT2D eigenvalue weighted by Gasteiger charge is 2.21. The predicted molar refractivity (Wildman–Crippen MR) is 121 cm³/mol. The van der Waals surface area contributed by atoms with Gasteiger partial charge in [-0.25, -0.2) is 4.98 Å². The zero-order chi connectivity index (χ0) is 21.5. The van der Waals surface area contributed by atoms with Crippen molar-refractivity contribution < 1.29 is 9.32 Å². The first-order chi connectivity index (χ1) is 15.2. The summed E-state index contributed by atoms with van der Waals surface area (Å²) in [5.41, 5.74) is 2.63. The summed E-state index contributed by atoms with van der Waals surface area (Å²) in [6.07, 6.45) is 7.58. The van der Waals surface area contributed by atoms with Crippen molar-refractivity contribution in [1.82, 2.24) is 20.4 Å². The van der Waals surface area contributed by atoms with E-state index in [1.54, 1.807) is 0 Å². The number of rotatable bonds is 8. The summed E-state index contributed by atoms with van der Waals surface area (Å²) in [5, 5.41) is 8.01. The molecule has 4 rings (SSSR count). The second-order valence-electron chi connectivity index (χ2n) is 8.25. The van der Waals surface area contributed by atoms with Crippen molar-refractivity contribution >= 4 is 22.8 Å². The van der Waals surface area contributed by atoms with Crippen LogP contribution in [0.5, 0.6) is 0 Å². The molecule has 7 nitrogen and oxygen atoms in total. The molecule has 0 radical (unpaired) electrons. The highest BCUT2D eigenvalue weighted by molar-refractivity contribution is 5.88. The van der Waals surface area contributed by atoms with Crippen LogP contribution in [0.1, 0.15) is 55.6 Å². The van der Waals surface area contributed by atoms with Crippen molar-refractivity contribution in [3.05, 3.63) is 47.4 Å². The van der Waals surface area contributed by atoms with Gasteiger partial charge in [-0.2, -0.15) is 4.98 Å². The summed E-state index contributed by atoms with van der Waals surface area (Å²) in [4.78, 5) is 24.0. The van der Waals surface area contributed by atoms with Crippen LogP contribution in [0.2, 0.25) is 0 Å². The van der Waals surface area contributed by atoms with Gasteiger partial charge in [0.05, 0.1) is 5.69 Å². The fourth-order valence-corrected chi connectivity index (χ4v) is 4.11. The molecule has 0 atom stereocenters. The first-order valence-corrected chi connectivity index (χ1v) is 11.4. The first kappa shape index (κ1) is 21.3. The maximum Gasteiger partial charge on any atom is 0.263 e. The molecular weight excluding hydrogens is 390 g/mol. The second-order valence-corrected chi connectivity index (χ2v) is 8.25. The van der Waals surface area contributed by atoms with Crippen LogP contribution in [-0.4, -0.2) is 40.7 Å². The molecule has 1 N–H and O–H groups in total. The highest BCUT2D eigenvalue weighted by Crippen LogP contribution is 2.29. The van der Waals surface area contributed by atoms with Crippen LogP contribution >= 0.6 is 0 Å². The molecule has 0 spiro atoms. The van der Waals surface area contributed by atoms with E-state index < -0.39 is 0 Å². The molecule has 1 aliphatic rings. The predicted octanol–water partition coefficient (Wildman–Crippen LogP) is 3.99. The van der Waals surface area contributed by atoms with Crippen molar-refractivity contribution in [1.29, 1.82) is 0 Å². The third-order valence-electron chi connectivity index (χ3n) is 5.82. The van der Waals surface area contributed by atoms with Gasteiger partial charge in [-0.1, -0.05) is 48.3 Å². The van der Waals surface area contributed by atoms with Gasteiger partial charge in [-0.3, -0.25) is 4.79 Å². The van der Waals surface area contributed by atoms with Crippen molar-refractivity contribution in [2.75, 3.05) is 24.5 Å². The van der Waals surface area contributed by atoms with Crippen molar-refractivity contribution in [2.24, 2.45) is 0 Å². The molecule has 1 amide bonds. The minimum Gasteiger partial charge on any atom is -0.356 e. The number of hydrogen-bond acceptors (Lipinski definition) is 6. The zero-order valence-corrected chi connectivity index (χ0v) is 18.3. The number of anilines is 1. The Morgan fingerprint density at radius 3 is 2.61 bits per heavy atom. The van der Waals surface area contributed by atoms with E-state index in [1.807, 2.05) is 25.1 Å². The Morgan fingerprint density at radius 2 is 1.84 bits per heavy atom. The fraction of sp³-hybridized carbons (Fsp3) is 0.500. The Morgan fingerprint density at radius 1 is 1.06 bits per heavy atom. The summed E-state index contributed by atoms with van der Waals surface area (Å²) in [6.45, 7) is 4.57. The summed E-state index contributed by atoms with van der Waals surface area (Å²) in [7, 11) is 0. The number of aryl methyl sites for hydroxylation is 3. The van der Waals surface area contributed by atoms with Crippen molar-refractivity contribution in [2.45, 2.75) is 58.3 Å². The fourth-order valence-electron chi connectivity index (χ4n) is 4.11. The molecule has 31 heavy (non-hydrogen) atoms. The van der Waals surface area contributed by atoms with Crippen LogP contribution in [0.15, 0.2) is 34.9 Å². The van der Waals surface area contributed by atoms with E-state index in [4.69, 9.17) is 9.51 Å². The maximum atomic E-state index is 12.3. The summed E-state index contributed by atoms with van der Waals surface area (Å²) in [6, 6.07) is 10.3. The van der Waals surface area contributed by atoms with Gasteiger partial charge in [0, 0.05) is 32.5 Å². The third kappa shape index (κ3) is 5.60. The first-order valence-electron chi connectivity index (χ1n) is 11.4. The third-order valence-corrected chi connectivity index (χ3v) is 5.82. The number of aromatic nitrogens is 3. The smallest absolute Gasteiger partial charge is 0.263 e. The molecule has 0 unspecified atom stereocenters. The average molecular weight is 422 g/mol. The van der Waals surface area contributed by atoms with Crippen LogP contribution in [0.25, 0.3) is 11.1 Å². The number of nitrogens with zero attached hydrogens (tertiary/aromatic N) is 4. The number of fused-ring (bicyclic) bond motifs is 1. The quantitative estimate of drug-likeness (QED) is 0.554. The molecule has 164 valence electrons. The lowest BCUT2D eigenvalue weighted by Crippen LogP contribution is -2.27. The molecule has 2 aromatic heterocycles. The Balaban J connectivity index is 1.35. The molecule has 0 saturated carbocycles. The molecule has 1 fully saturated rings. The van der Waals surface area contributed by atoms with Gasteiger partial charge in [-0.15, -0.1) is 0 Å². The van der Waals surface area contributed by atoms with E-state index in [-0.39, 0.29) is 5.91 Å². The molecule has 0 bridgehead atoms. The van der Waals surface area contributed by atoms with Crippen molar-refractivity contribution in [3.8, 4) is 0 Å². The maximum absolute atomic E-state index is 12.3. The van der Waals surface area contributed by atoms with Gasteiger partial charge >= 0.3 is 0 Å². The molecule has 7 heteroatoms. The van der Waals surface area contributed by atoms with Crippen LogP contribution in [-0.2, 0) is 17.6 Å². The lowest BCUT2D eigenvalue weighted by molar-refractivity contribution is -0.121. The van der Waals surface area contributed by atoms with Gasteiger partial charge in [0.2, 0.25) is 5.91 Å². The highest BCUT2D eigenvalue weighted by atomic mass is 16.5. The molecule has 1 aromatic carbocycles. The molecular formula is C24H31N5O2. The van der Waals surface area contributed by atoms with Gasteiger partial charge in [0.1, 0.15) is 17.0 Å². The minimum absolute atomic E-state index is 0.0295. The average Bonchev–Trinajstić information content (AvgIpc) is 2.99. The van der Waals surface area contributed by atoms with Gasteiger partial charge in [0.25, 0.3) is 5.71 Å². The number of benzene rings is 1.